The Labute approximate surface area is 126 Å². The second kappa shape index (κ2) is 7.82. The van der Waals surface area contributed by atoms with Crippen LogP contribution in [0.15, 0.2) is 18.2 Å². The fraction of sp³-hybridized carbons (Fsp3) is 0.467. The number of esters is 1. The number of benzene rings is 1. The lowest BCUT2D eigenvalue weighted by Gasteiger charge is -2.12. The van der Waals surface area contributed by atoms with Gasteiger partial charge in [0.1, 0.15) is 5.75 Å². The van der Waals surface area contributed by atoms with Crippen molar-refractivity contribution in [1.29, 1.82) is 0 Å². The average molecular weight is 318 g/mol. The first-order chi connectivity index (χ1) is 10.3. The Morgan fingerprint density at radius 1 is 1.09 bits per heavy atom. The van der Waals surface area contributed by atoms with E-state index in [2.05, 4.69) is 4.74 Å². The number of alkyl halides is 3. The predicted octanol–water partition coefficient (Wildman–Crippen LogP) is 3.63. The van der Waals surface area contributed by atoms with E-state index in [0.717, 1.165) is 18.2 Å². The van der Waals surface area contributed by atoms with Crippen molar-refractivity contribution in [2.75, 3.05) is 14.2 Å². The number of ketones is 1. The van der Waals surface area contributed by atoms with Crippen molar-refractivity contribution < 1.29 is 32.2 Å². The van der Waals surface area contributed by atoms with E-state index in [0.29, 0.717) is 12.8 Å². The van der Waals surface area contributed by atoms with Crippen LogP contribution in [0.5, 0.6) is 5.75 Å². The van der Waals surface area contributed by atoms with Gasteiger partial charge in [0.05, 0.1) is 25.3 Å². The van der Waals surface area contributed by atoms with Crippen molar-refractivity contribution in [3.05, 3.63) is 29.3 Å². The maximum Gasteiger partial charge on any atom is 0.416 e. The highest BCUT2D eigenvalue weighted by Gasteiger charge is 2.31. The Morgan fingerprint density at radius 3 is 2.27 bits per heavy atom. The normalized spacial score (nSPS) is 11.1. The second-order valence-corrected chi connectivity index (χ2v) is 4.62. The molecule has 0 radical (unpaired) electrons. The molecule has 0 aliphatic rings. The summed E-state index contributed by atoms with van der Waals surface area (Å²) in [5.41, 5.74) is -0.999. The number of hydrogen-bond acceptors (Lipinski definition) is 4. The minimum atomic E-state index is -4.52. The summed E-state index contributed by atoms with van der Waals surface area (Å²) in [6.07, 6.45) is -3.50. The number of carbonyl (C=O) groups excluding carboxylic acids is 2. The van der Waals surface area contributed by atoms with Crippen LogP contribution < -0.4 is 4.74 Å². The third-order valence-electron chi connectivity index (χ3n) is 3.09. The lowest BCUT2D eigenvalue weighted by atomic mass is 10.0. The third-order valence-corrected chi connectivity index (χ3v) is 3.09. The molecule has 0 N–H and O–H groups in total. The van der Waals surface area contributed by atoms with Gasteiger partial charge in [-0.3, -0.25) is 9.59 Å². The summed E-state index contributed by atoms with van der Waals surface area (Å²) in [6, 6.07) is 2.79. The van der Waals surface area contributed by atoms with Gasteiger partial charge in [-0.2, -0.15) is 13.2 Å². The Balaban J connectivity index is 2.76. The first kappa shape index (κ1) is 18.0. The zero-order valence-electron chi connectivity index (χ0n) is 12.3. The van der Waals surface area contributed by atoms with Crippen molar-refractivity contribution in [3.63, 3.8) is 0 Å². The Morgan fingerprint density at radius 2 is 1.73 bits per heavy atom. The number of hydrogen-bond donors (Lipinski definition) is 0. The molecule has 0 fully saturated rings. The SMILES string of the molecule is COC(=O)CCCCC(=O)c1cc(C(F)(F)F)ccc1OC. The molecular formula is C15H17F3O4. The van der Waals surface area contributed by atoms with Gasteiger partial charge in [-0.1, -0.05) is 0 Å². The molecule has 0 unspecified atom stereocenters. The molecule has 1 rings (SSSR count). The number of carbonyl (C=O) groups is 2. The first-order valence-electron chi connectivity index (χ1n) is 6.65. The topological polar surface area (TPSA) is 52.6 Å². The number of ether oxygens (including phenoxy) is 2. The van der Waals surface area contributed by atoms with Crippen LogP contribution in [-0.2, 0) is 15.7 Å². The third kappa shape index (κ3) is 5.05. The molecule has 7 heteroatoms. The van der Waals surface area contributed by atoms with Gasteiger partial charge in [-0.15, -0.1) is 0 Å². The summed E-state index contributed by atoms with van der Waals surface area (Å²) in [5, 5.41) is 0. The summed E-state index contributed by atoms with van der Waals surface area (Å²) < 4.78 is 47.5. The molecule has 0 atom stereocenters. The highest BCUT2D eigenvalue weighted by atomic mass is 19.4. The molecule has 4 nitrogen and oxygen atoms in total. The largest absolute Gasteiger partial charge is 0.496 e. The maximum atomic E-state index is 12.7. The van der Waals surface area contributed by atoms with Gasteiger partial charge in [-0.05, 0) is 31.0 Å². The van der Waals surface area contributed by atoms with Crippen LogP contribution in [0.2, 0.25) is 0 Å². The van der Waals surface area contributed by atoms with Crippen LogP contribution in [0.1, 0.15) is 41.6 Å². The van der Waals surface area contributed by atoms with E-state index >= 15 is 0 Å². The number of methoxy groups -OCH3 is 2. The summed E-state index contributed by atoms with van der Waals surface area (Å²) >= 11 is 0. The molecule has 0 saturated heterocycles. The van der Waals surface area contributed by atoms with Crippen molar-refractivity contribution in [2.24, 2.45) is 0 Å². The molecule has 22 heavy (non-hydrogen) atoms. The molecule has 0 spiro atoms. The van der Waals surface area contributed by atoms with Crippen molar-refractivity contribution in [1.82, 2.24) is 0 Å². The fourth-order valence-corrected chi connectivity index (χ4v) is 1.89. The van der Waals surface area contributed by atoms with E-state index in [4.69, 9.17) is 4.74 Å². The molecule has 0 bridgehead atoms. The van der Waals surface area contributed by atoms with Gasteiger partial charge in [-0.25, -0.2) is 0 Å². The van der Waals surface area contributed by atoms with Gasteiger partial charge < -0.3 is 9.47 Å². The Kier molecular flexibility index (Phi) is 6.39. The summed E-state index contributed by atoms with van der Waals surface area (Å²) in [6.45, 7) is 0. The molecule has 0 aliphatic carbocycles. The van der Waals surface area contributed by atoms with Crippen molar-refractivity contribution >= 4 is 11.8 Å². The minimum absolute atomic E-state index is 0.0364. The van der Waals surface area contributed by atoms with Crippen LogP contribution in [0.3, 0.4) is 0 Å². The van der Waals surface area contributed by atoms with Crippen LogP contribution in [-0.4, -0.2) is 26.0 Å². The van der Waals surface area contributed by atoms with Crippen LogP contribution in [0.25, 0.3) is 0 Å². The quantitative estimate of drug-likeness (QED) is 0.438. The van der Waals surface area contributed by atoms with Crippen molar-refractivity contribution in [3.8, 4) is 5.75 Å². The van der Waals surface area contributed by atoms with Crippen molar-refractivity contribution in [2.45, 2.75) is 31.9 Å². The molecule has 0 saturated carbocycles. The molecule has 0 heterocycles. The van der Waals surface area contributed by atoms with Gasteiger partial charge in [0, 0.05) is 12.8 Å². The number of rotatable bonds is 7. The Hall–Kier alpha value is -2.05. The highest BCUT2D eigenvalue weighted by Crippen LogP contribution is 2.33. The number of unbranched alkanes of at least 4 members (excludes halogenated alkanes) is 1. The van der Waals surface area contributed by atoms with E-state index in [1.54, 1.807) is 0 Å². The smallest absolute Gasteiger partial charge is 0.416 e. The van der Waals surface area contributed by atoms with Gasteiger partial charge in [0.2, 0.25) is 0 Å². The zero-order valence-corrected chi connectivity index (χ0v) is 12.3. The zero-order chi connectivity index (χ0) is 16.8. The lowest BCUT2D eigenvalue weighted by Crippen LogP contribution is -2.09. The fourth-order valence-electron chi connectivity index (χ4n) is 1.89. The lowest BCUT2D eigenvalue weighted by molar-refractivity contribution is -0.140. The highest BCUT2D eigenvalue weighted by molar-refractivity contribution is 5.98. The molecule has 0 aromatic heterocycles. The number of Topliss-reactive ketones (excluding diaryl/α,β-unsaturated/α-hetero) is 1. The van der Waals surface area contributed by atoms with Gasteiger partial charge >= 0.3 is 12.1 Å². The second-order valence-electron chi connectivity index (χ2n) is 4.62. The van der Waals surface area contributed by atoms with E-state index in [9.17, 15) is 22.8 Å². The minimum Gasteiger partial charge on any atom is -0.496 e. The van der Waals surface area contributed by atoms with Crippen LogP contribution >= 0.6 is 0 Å². The van der Waals surface area contributed by atoms with Gasteiger partial charge in [0.25, 0.3) is 0 Å². The molecule has 1 aromatic rings. The van der Waals surface area contributed by atoms with Crippen LogP contribution in [0.4, 0.5) is 13.2 Å². The monoisotopic (exact) mass is 318 g/mol. The van der Waals surface area contributed by atoms with Crippen LogP contribution in [0, 0.1) is 0 Å². The molecular weight excluding hydrogens is 301 g/mol. The van der Waals surface area contributed by atoms with E-state index in [-0.39, 0.29) is 30.1 Å². The molecule has 0 amide bonds. The molecule has 122 valence electrons. The van der Waals surface area contributed by atoms with E-state index < -0.39 is 17.5 Å². The molecule has 0 aliphatic heterocycles. The average Bonchev–Trinajstić information content (AvgIpc) is 2.49. The molecule has 1 aromatic carbocycles. The summed E-state index contributed by atoms with van der Waals surface area (Å²) in [4.78, 5) is 23.0. The standard InChI is InChI=1S/C15H17F3O4/c1-21-13-8-7-10(15(16,17)18)9-11(13)12(19)5-3-4-6-14(20)22-2/h7-9H,3-6H2,1-2H3. The van der Waals surface area contributed by atoms with E-state index in [1.165, 1.54) is 14.2 Å². The summed E-state index contributed by atoms with van der Waals surface area (Å²) in [5.74, 6) is -0.733. The number of halogens is 3. The van der Waals surface area contributed by atoms with E-state index in [1.807, 2.05) is 0 Å². The van der Waals surface area contributed by atoms with Gasteiger partial charge in [0.15, 0.2) is 5.78 Å². The predicted molar refractivity (Wildman–Crippen MR) is 72.8 cm³/mol. The maximum absolute atomic E-state index is 12.7. The summed E-state index contributed by atoms with van der Waals surface area (Å²) in [7, 11) is 2.55. The Bertz CT molecular complexity index is 538. The first-order valence-corrected chi connectivity index (χ1v) is 6.65.